The van der Waals surface area contributed by atoms with Crippen molar-refractivity contribution in [1.29, 1.82) is 0 Å². The number of fused-ring (bicyclic) bond motifs is 1. The van der Waals surface area contributed by atoms with Crippen molar-refractivity contribution in [2.24, 2.45) is 4.99 Å². The third kappa shape index (κ3) is 4.70. The number of rotatable bonds is 7. The van der Waals surface area contributed by atoms with Gasteiger partial charge in [0.2, 0.25) is 0 Å². The summed E-state index contributed by atoms with van der Waals surface area (Å²) in [7, 11) is 1.32. The number of thiazole rings is 1. The number of aromatic nitrogens is 1. The number of nitro benzene ring substituents is 2. The fourth-order valence-electron chi connectivity index (χ4n) is 4.19. The number of carbonyl (C=O) groups is 1. The molecule has 0 N–H and O–H groups in total. The Morgan fingerprint density at radius 2 is 1.84 bits per heavy atom. The zero-order chi connectivity index (χ0) is 27.7. The maximum Gasteiger partial charge on any atom is 0.338 e. The fourth-order valence-corrected chi connectivity index (χ4v) is 5.24. The number of allylic oxidation sites excluding steroid dienone is 1. The molecule has 1 aliphatic heterocycles. The minimum absolute atomic E-state index is 0.0734. The van der Waals surface area contributed by atoms with Crippen molar-refractivity contribution < 1.29 is 24.1 Å². The highest BCUT2D eigenvalue weighted by Crippen LogP contribution is 2.33. The van der Waals surface area contributed by atoms with Crippen molar-refractivity contribution in [1.82, 2.24) is 4.57 Å². The molecule has 12 nitrogen and oxygen atoms in total. The average molecular weight is 539 g/mol. The van der Waals surface area contributed by atoms with Crippen LogP contribution in [0.5, 0.6) is 5.75 Å². The van der Waals surface area contributed by atoms with E-state index in [-0.39, 0.29) is 38.6 Å². The van der Waals surface area contributed by atoms with Crippen molar-refractivity contribution in [2.75, 3.05) is 13.7 Å². The van der Waals surface area contributed by atoms with Gasteiger partial charge < -0.3 is 9.47 Å². The number of nitro groups is 2. The van der Waals surface area contributed by atoms with Crippen LogP contribution >= 0.6 is 11.3 Å². The quantitative estimate of drug-likeness (QED) is 0.252. The molecule has 38 heavy (non-hydrogen) atoms. The van der Waals surface area contributed by atoms with Crippen molar-refractivity contribution in [3.8, 4) is 5.75 Å². The highest BCUT2D eigenvalue weighted by atomic mass is 32.1. The summed E-state index contributed by atoms with van der Waals surface area (Å²) in [4.78, 5) is 53.3. The average Bonchev–Trinajstić information content (AvgIpc) is 3.17. The second-order valence-corrected chi connectivity index (χ2v) is 9.30. The summed E-state index contributed by atoms with van der Waals surface area (Å²) in [6.07, 6.45) is 1.48. The molecule has 0 spiro atoms. The second kappa shape index (κ2) is 10.4. The van der Waals surface area contributed by atoms with Gasteiger partial charge in [-0.05, 0) is 44.0 Å². The highest BCUT2D eigenvalue weighted by molar-refractivity contribution is 7.07. The lowest BCUT2D eigenvalue weighted by Crippen LogP contribution is -2.40. The Bertz CT molecular complexity index is 1700. The Kier molecular flexibility index (Phi) is 7.21. The molecule has 2 heterocycles. The highest BCUT2D eigenvalue weighted by Gasteiger charge is 2.34. The van der Waals surface area contributed by atoms with E-state index in [1.54, 1.807) is 39.0 Å². The fraction of sp³-hybridized carbons (Fsp3) is 0.240. The molecule has 0 fully saturated rings. The van der Waals surface area contributed by atoms with Gasteiger partial charge in [-0.25, -0.2) is 9.79 Å². The third-order valence-electron chi connectivity index (χ3n) is 5.96. The van der Waals surface area contributed by atoms with Crippen LogP contribution in [0.2, 0.25) is 0 Å². The Morgan fingerprint density at radius 1 is 1.13 bits per heavy atom. The van der Waals surface area contributed by atoms with Crippen LogP contribution in [0.25, 0.3) is 6.08 Å². The molecule has 196 valence electrons. The van der Waals surface area contributed by atoms with Gasteiger partial charge in [-0.1, -0.05) is 29.5 Å². The molecule has 0 saturated heterocycles. The number of methoxy groups -OCH3 is 1. The lowest BCUT2D eigenvalue weighted by atomic mass is 9.94. The summed E-state index contributed by atoms with van der Waals surface area (Å²) >= 11 is 1.03. The molecule has 1 aromatic heterocycles. The van der Waals surface area contributed by atoms with E-state index >= 15 is 0 Å². The van der Waals surface area contributed by atoms with Crippen LogP contribution in [-0.2, 0) is 9.53 Å². The standard InChI is InChI=1S/C25H22N4O8S/c1-5-37-24(31)21-14(3)26-25-27(22(21)16-8-6-13(2)17(12-16)28(32)33)23(30)20(38-25)11-15-7-9-19(36-4)18(10-15)29(34)35/h6-12,22H,5H2,1-4H3/b20-11+/t22-/m0/s1. The molecule has 3 aromatic rings. The van der Waals surface area contributed by atoms with Crippen LogP contribution in [0.1, 0.15) is 36.6 Å². The Morgan fingerprint density at radius 3 is 2.47 bits per heavy atom. The molecular formula is C25H22N4O8S. The van der Waals surface area contributed by atoms with E-state index in [0.717, 1.165) is 11.3 Å². The molecule has 0 amide bonds. The van der Waals surface area contributed by atoms with E-state index in [0.29, 0.717) is 22.4 Å². The van der Waals surface area contributed by atoms with Gasteiger partial charge in [-0.2, -0.15) is 0 Å². The molecule has 1 aliphatic rings. The van der Waals surface area contributed by atoms with Gasteiger partial charge in [-0.3, -0.25) is 29.6 Å². The monoisotopic (exact) mass is 538 g/mol. The number of hydrogen-bond acceptors (Lipinski definition) is 10. The lowest BCUT2D eigenvalue weighted by molar-refractivity contribution is -0.385. The zero-order valence-electron chi connectivity index (χ0n) is 20.8. The smallest absolute Gasteiger partial charge is 0.338 e. The summed E-state index contributed by atoms with van der Waals surface area (Å²) in [5, 5.41) is 23.1. The van der Waals surface area contributed by atoms with E-state index in [9.17, 15) is 29.8 Å². The van der Waals surface area contributed by atoms with E-state index < -0.39 is 27.4 Å². The largest absolute Gasteiger partial charge is 0.490 e. The predicted molar refractivity (Wildman–Crippen MR) is 138 cm³/mol. The topological polar surface area (TPSA) is 156 Å². The minimum atomic E-state index is -1.03. The summed E-state index contributed by atoms with van der Waals surface area (Å²) in [5.74, 6) is -0.619. The Hall–Kier alpha value is -4.65. The number of hydrogen-bond donors (Lipinski definition) is 0. The Labute approximate surface area is 219 Å². The van der Waals surface area contributed by atoms with Gasteiger partial charge in [-0.15, -0.1) is 0 Å². The predicted octanol–water partition coefficient (Wildman–Crippen LogP) is 2.93. The van der Waals surface area contributed by atoms with E-state index in [2.05, 4.69) is 4.99 Å². The van der Waals surface area contributed by atoms with E-state index in [1.807, 2.05) is 0 Å². The van der Waals surface area contributed by atoms with E-state index in [4.69, 9.17) is 9.47 Å². The molecule has 0 bridgehead atoms. The van der Waals surface area contributed by atoms with Gasteiger partial charge in [0.05, 0.1) is 45.4 Å². The first kappa shape index (κ1) is 26.4. The summed E-state index contributed by atoms with van der Waals surface area (Å²) in [6, 6.07) is 7.76. The third-order valence-corrected chi connectivity index (χ3v) is 6.94. The van der Waals surface area contributed by atoms with Gasteiger partial charge in [0.1, 0.15) is 0 Å². The molecule has 1 atom stereocenters. The maximum atomic E-state index is 13.7. The Balaban J connectivity index is 1.97. The first-order valence-electron chi connectivity index (χ1n) is 11.3. The lowest BCUT2D eigenvalue weighted by Gasteiger charge is -2.24. The number of nitrogens with zero attached hydrogens (tertiary/aromatic N) is 4. The van der Waals surface area contributed by atoms with Gasteiger partial charge in [0, 0.05) is 17.7 Å². The number of ether oxygens (including phenoxy) is 2. The zero-order valence-corrected chi connectivity index (χ0v) is 21.6. The van der Waals surface area contributed by atoms with Crippen molar-refractivity contribution >= 4 is 34.8 Å². The summed E-state index contributed by atoms with van der Waals surface area (Å²) < 4.78 is 11.8. The first-order chi connectivity index (χ1) is 18.1. The van der Waals surface area contributed by atoms with Crippen LogP contribution in [0.15, 0.2) is 57.5 Å². The normalized spacial score (nSPS) is 15.1. The molecule has 0 unspecified atom stereocenters. The molecule has 0 saturated carbocycles. The van der Waals surface area contributed by atoms with Crippen LogP contribution in [-0.4, -0.2) is 34.1 Å². The van der Waals surface area contributed by atoms with Crippen LogP contribution < -0.4 is 19.6 Å². The van der Waals surface area contributed by atoms with Crippen molar-refractivity contribution in [3.63, 3.8) is 0 Å². The molecule has 0 radical (unpaired) electrons. The summed E-state index contributed by atoms with van der Waals surface area (Å²) in [5.41, 5.74) is 0.598. The molecule has 0 aliphatic carbocycles. The first-order valence-corrected chi connectivity index (χ1v) is 12.2. The number of benzene rings is 2. The summed E-state index contributed by atoms with van der Waals surface area (Å²) in [6.45, 7) is 4.92. The number of esters is 1. The van der Waals surface area contributed by atoms with Crippen LogP contribution in [0.3, 0.4) is 0 Å². The molecular weight excluding hydrogens is 516 g/mol. The molecule has 13 heteroatoms. The van der Waals surface area contributed by atoms with Crippen molar-refractivity contribution in [2.45, 2.75) is 26.8 Å². The minimum Gasteiger partial charge on any atom is -0.490 e. The van der Waals surface area contributed by atoms with Gasteiger partial charge >= 0.3 is 11.7 Å². The van der Waals surface area contributed by atoms with E-state index in [1.165, 1.54) is 36.0 Å². The number of carbonyl (C=O) groups excluding carboxylic acids is 1. The molecule has 2 aromatic carbocycles. The second-order valence-electron chi connectivity index (χ2n) is 8.29. The molecule has 4 rings (SSSR count). The maximum absolute atomic E-state index is 13.7. The van der Waals surface area contributed by atoms with Crippen LogP contribution in [0, 0.1) is 27.2 Å². The van der Waals surface area contributed by atoms with Gasteiger partial charge in [0.25, 0.3) is 11.2 Å². The van der Waals surface area contributed by atoms with Crippen LogP contribution in [0.4, 0.5) is 11.4 Å². The van der Waals surface area contributed by atoms with Gasteiger partial charge in [0.15, 0.2) is 10.6 Å². The van der Waals surface area contributed by atoms with Crippen molar-refractivity contribution in [3.05, 3.63) is 104 Å². The SMILES string of the molecule is CCOC(=O)C1=C(C)N=c2s/c(=C/c3ccc(OC)c([N+](=O)[O-])c3)c(=O)n2[C@H]1c1ccc(C)c([N+](=O)[O-])c1. The number of aryl methyl sites for hydroxylation is 1.